The van der Waals surface area contributed by atoms with Gasteiger partial charge in [-0.25, -0.2) is 0 Å². The van der Waals surface area contributed by atoms with Gasteiger partial charge in [-0.3, -0.25) is 9.89 Å². The fourth-order valence-corrected chi connectivity index (χ4v) is 2.07. The van der Waals surface area contributed by atoms with Crippen molar-refractivity contribution >= 4 is 18.3 Å². The molecule has 0 aliphatic carbocycles. The van der Waals surface area contributed by atoms with E-state index in [-0.39, 0.29) is 24.4 Å². The number of carbonyl (C=O) groups excluding carboxylic acids is 1. The first-order valence-corrected chi connectivity index (χ1v) is 7.13. The van der Waals surface area contributed by atoms with E-state index in [1.54, 1.807) is 6.07 Å². The number of halogens is 1. The molecule has 1 aromatic carbocycles. The van der Waals surface area contributed by atoms with E-state index in [1.807, 2.05) is 19.1 Å². The minimum atomic E-state index is -0.227. The Morgan fingerprint density at radius 3 is 2.36 bits per heavy atom. The Hall–Kier alpha value is -1.85. The Kier molecular flexibility index (Phi) is 6.59. The normalized spacial score (nSPS) is 11.9. The first kappa shape index (κ1) is 18.2. The SMILES string of the molecule is Cc1cc(C(=O)NCC(N)c2ccc(C(C)C)cc2)n[nH]1.Cl. The van der Waals surface area contributed by atoms with Gasteiger partial charge in [0.1, 0.15) is 5.69 Å². The van der Waals surface area contributed by atoms with Gasteiger partial charge in [0, 0.05) is 18.3 Å². The molecule has 1 atom stereocenters. The highest BCUT2D eigenvalue weighted by atomic mass is 35.5. The smallest absolute Gasteiger partial charge is 0.271 e. The molecule has 0 aliphatic rings. The third kappa shape index (κ3) is 4.58. The van der Waals surface area contributed by atoms with Gasteiger partial charge >= 0.3 is 0 Å². The van der Waals surface area contributed by atoms with Gasteiger partial charge in [-0.2, -0.15) is 5.10 Å². The number of benzene rings is 1. The number of hydrogen-bond donors (Lipinski definition) is 3. The van der Waals surface area contributed by atoms with Crippen LogP contribution in [-0.2, 0) is 0 Å². The van der Waals surface area contributed by atoms with Gasteiger partial charge in [0.15, 0.2) is 0 Å². The summed E-state index contributed by atoms with van der Waals surface area (Å²) in [7, 11) is 0. The summed E-state index contributed by atoms with van der Waals surface area (Å²) in [5, 5.41) is 9.46. The van der Waals surface area contributed by atoms with E-state index in [2.05, 4.69) is 41.5 Å². The van der Waals surface area contributed by atoms with Crippen LogP contribution in [0.2, 0.25) is 0 Å². The Morgan fingerprint density at radius 2 is 1.86 bits per heavy atom. The Balaban J connectivity index is 0.00000242. The third-order valence-electron chi connectivity index (χ3n) is 3.45. The van der Waals surface area contributed by atoms with Crippen molar-refractivity contribution in [2.45, 2.75) is 32.7 Å². The van der Waals surface area contributed by atoms with Gasteiger partial charge in [0.2, 0.25) is 0 Å². The lowest BCUT2D eigenvalue weighted by molar-refractivity contribution is 0.0946. The molecule has 1 aromatic heterocycles. The number of hydrogen-bond acceptors (Lipinski definition) is 3. The van der Waals surface area contributed by atoms with Crippen LogP contribution in [0.3, 0.4) is 0 Å². The molecule has 4 N–H and O–H groups in total. The number of nitrogens with two attached hydrogens (primary N) is 1. The zero-order valence-electron chi connectivity index (χ0n) is 13.1. The summed E-state index contributed by atoms with van der Waals surface area (Å²) in [6.45, 7) is 6.54. The second kappa shape index (κ2) is 7.96. The summed E-state index contributed by atoms with van der Waals surface area (Å²) in [4.78, 5) is 11.9. The van der Waals surface area contributed by atoms with Crippen LogP contribution in [0.4, 0.5) is 0 Å². The molecule has 2 aromatic rings. The predicted molar refractivity (Wildman–Crippen MR) is 90.4 cm³/mol. The first-order valence-electron chi connectivity index (χ1n) is 7.13. The van der Waals surface area contributed by atoms with E-state index in [9.17, 15) is 4.79 Å². The van der Waals surface area contributed by atoms with Crippen molar-refractivity contribution in [2.24, 2.45) is 5.73 Å². The summed E-state index contributed by atoms with van der Waals surface area (Å²) < 4.78 is 0. The molecule has 120 valence electrons. The standard InChI is InChI=1S/C16H22N4O.ClH/c1-10(2)12-4-6-13(7-5-12)14(17)9-18-16(21)15-8-11(3)19-20-15;/h4-8,10,14H,9,17H2,1-3H3,(H,18,21)(H,19,20);1H. The van der Waals surface area contributed by atoms with Gasteiger partial charge in [-0.15, -0.1) is 12.4 Å². The zero-order chi connectivity index (χ0) is 15.4. The number of carbonyl (C=O) groups is 1. The van der Waals surface area contributed by atoms with E-state index >= 15 is 0 Å². The molecule has 0 spiro atoms. The maximum Gasteiger partial charge on any atom is 0.271 e. The van der Waals surface area contributed by atoms with Crippen molar-refractivity contribution in [3.63, 3.8) is 0 Å². The number of nitrogens with one attached hydrogen (secondary N) is 2. The quantitative estimate of drug-likeness (QED) is 0.791. The van der Waals surface area contributed by atoms with Crippen molar-refractivity contribution in [2.75, 3.05) is 6.54 Å². The number of aromatic nitrogens is 2. The highest BCUT2D eigenvalue weighted by molar-refractivity contribution is 5.92. The highest BCUT2D eigenvalue weighted by Crippen LogP contribution is 2.17. The Bertz CT molecular complexity index is 607. The Morgan fingerprint density at radius 1 is 1.27 bits per heavy atom. The van der Waals surface area contributed by atoms with E-state index in [0.717, 1.165) is 11.3 Å². The second-order valence-corrected chi connectivity index (χ2v) is 5.57. The molecule has 0 bridgehead atoms. The summed E-state index contributed by atoms with van der Waals surface area (Å²) in [6.07, 6.45) is 0. The molecule has 0 aliphatic heterocycles. The molecular formula is C16H23ClN4O. The number of aryl methyl sites for hydroxylation is 1. The van der Waals surface area contributed by atoms with Crippen LogP contribution in [0.5, 0.6) is 0 Å². The number of rotatable bonds is 5. The minimum Gasteiger partial charge on any atom is -0.349 e. The van der Waals surface area contributed by atoms with Crippen molar-refractivity contribution in [3.05, 3.63) is 52.8 Å². The molecule has 0 radical (unpaired) electrons. The summed E-state index contributed by atoms with van der Waals surface area (Å²) in [5.74, 6) is 0.284. The molecule has 1 amide bonds. The van der Waals surface area contributed by atoms with Gasteiger partial charge in [-0.05, 0) is 30.0 Å². The van der Waals surface area contributed by atoms with E-state index in [1.165, 1.54) is 5.56 Å². The zero-order valence-corrected chi connectivity index (χ0v) is 13.9. The molecule has 1 unspecified atom stereocenters. The number of amides is 1. The van der Waals surface area contributed by atoms with E-state index < -0.39 is 0 Å². The second-order valence-electron chi connectivity index (χ2n) is 5.57. The van der Waals surface area contributed by atoms with Gasteiger partial charge in [-0.1, -0.05) is 38.1 Å². The third-order valence-corrected chi connectivity index (χ3v) is 3.45. The molecule has 0 saturated carbocycles. The van der Waals surface area contributed by atoms with Crippen LogP contribution in [0.25, 0.3) is 0 Å². The van der Waals surface area contributed by atoms with Crippen LogP contribution < -0.4 is 11.1 Å². The van der Waals surface area contributed by atoms with Gasteiger partial charge in [0.05, 0.1) is 0 Å². The lowest BCUT2D eigenvalue weighted by atomic mass is 9.99. The average molecular weight is 323 g/mol. The van der Waals surface area contributed by atoms with Gasteiger partial charge in [0.25, 0.3) is 5.91 Å². The van der Waals surface area contributed by atoms with E-state index in [4.69, 9.17) is 5.73 Å². The fraction of sp³-hybridized carbons (Fsp3) is 0.375. The number of nitrogens with zero attached hydrogens (tertiary/aromatic N) is 1. The minimum absolute atomic E-state index is 0. The summed E-state index contributed by atoms with van der Waals surface area (Å²) >= 11 is 0. The monoisotopic (exact) mass is 322 g/mol. The molecule has 6 heteroatoms. The maximum absolute atomic E-state index is 11.9. The lowest BCUT2D eigenvalue weighted by Gasteiger charge is -2.14. The first-order chi connectivity index (χ1) is 9.97. The molecule has 2 rings (SSSR count). The molecule has 5 nitrogen and oxygen atoms in total. The summed E-state index contributed by atoms with van der Waals surface area (Å²) in [5.41, 5.74) is 9.64. The molecule has 1 heterocycles. The summed E-state index contributed by atoms with van der Waals surface area (Å²) in [6, 6.07) is 9.68. The average Bonchev–Trinajstić information content (AvgIpc) is 2.91. The molecule has 22 heavy (non-hydrogen) atoms. The van der Waals surface area contributed by atoms with E-state index in [0.29, 0.717) is 18.2 Å². The molecule has 0 saturated heterocycles. The maximum atomic E-state index is 11.9. The van der Waals surface area contributed by atoms with Crippen molar-refractivity contribution in [3.8, 4) is 0 Å². The fourth-order valence-electron chi connectivity index (χ4n) is 2.07. The lowest BCUT2D eigenvalue weighted by Crippen LogP contribution is -2.32. The molecule has 0 fully saturated rings. The van der Waals surface area contributed by atoms with Crippen LogP contribution in [0.15, 0.2) is 30.3 Å². The molecular weight excluding hydrogens is 300 g/mol. The topological polar surface area (TPSA) is 83.8 Å². The van der Waals surface area contributed by atoms with Crippen LogP contribution in [-0.4, -0.2) is 22.6 Å². The van der Waals surface area contributed by atoms with Crippen LogP contribution in [0, 0.1) is 6.92 Å². The van der Waals surface area contributed by atoms with Gasteiger partial charge < -0.3 is 11.1 Å². The number of aromatic amines is 1. The van der Waals surface area contributed by atoms with Crippen LogP contribution >= 0.6 is 12.4 Å². The number of H-pyrrole nitrogens is 1. The van der Waals surface area contributed by atoms with Crippen molar-refractivity contribution < 1.29 is 4.79 Å². The largest absolute Gasteiger partial charge is 0.349 e. The Labute approximate surface area is 137 Å². The highest BCUT2D eigenvalue weighted by Gasteiger charge is 2.12. The van der Waals surface area contributed by atoms with Crippen LogP contribution in [0.1, 0.15) is 53.1 Å². The van der Waals surface area contributed by atoms with Crippen molar-refractivity contribution in [1.29, 1.82) is 0 Å². The van der Waals surface area contributed by atoms with Crippen molar-refractivity contribution in [1.82, 2.24) is 15.5 Å². The predicted octanol–water partition coefficient (Wildman–Crippen LogP) is 2.69.